The Bertz CT molecular complexity index is 620. The molecule has 0 bridgehead atoms. The van der Waals surface area contributed by atoms with E-state index in [1.807, 2.05) is 13.0 Å². The zero-order valence-electron chi connectivity index (χ0n) is 15.9. The molecule has 0 unspecified atom stereocenters. The van der Waals surface area contributed by atoms with E-state index < -0.39 is 0 Å². The molecule has 0 aliphatic carbocycles. The summed E-state index contributed by atoms with van der Waals surface area (Å²) >= 11 is 0. The third-order valence-electron chi connectivity index (χ3n) is 4.43. The molecule has 1 heterocycles. The van der Waals surface area contributed by atoms with E-state index in [9.17, 15) is 9.59 Å². The summed E-state index contributed by atoms with van der Waals surface area (Å²) in [6.45, 7) is 8.49. The number of hydrogen-bond acceptors (Lipinski definition) is 3. The standard InChI is InChI=1S/C19H29N3O3/c1-14(2)16-7-6-15(3)12-17(16)25-13-18(23)21-8-10-22(11-9-21)19(24)20(4)5/h6-7,12,14H,8-11,13H2,1-5H3. The van der Waals surface area contributed by atoms with Crippen molar-refractivity contribution in [2.45, 2.75) is 26.7 Å². The van der Waals surface area contributed by atoms with Gasteiger partial charge in [-0.05, 0) is 30.0 Å². The highest BCUT2D eigenvalue weighted by Crippen LogP contribution is 2.27. The number of piperazine rings is 1. The molecular weight excluding hydrogens is 318 g/mol. The van der Waals surface area contributed by atoms with Crippen molar-refractivity contribution in [2.75, 3.05) is 46.9 Å². The quantitative estimate of drug-likeness (QED) is 0.840. The lowest BCUT2D eigenvalue weighted by Gasteiger charge is -2.35. The summed E-state index contributed by atoms with van der Waals surface area (Å²) in [6.07, 6.45) is 0. The second kappa shape index (κ2) is 8.23. The topological polar surface area (TPSA) is 53.1 Å². The lowest BCUT2D eigenvalue weighted by Crippen LogP contribution is -2.53. The van der Waals surface area contributed by atoms with E-state index >= 15 is 0 Å². The van der Waals surface area contributed by atoms with Crippen LogP contribution in [0.3, 0.4) is 0 Å². The smallest absolute Gasteiger partial charge is 0.319 e. The highest BCUT2D eigenvalue weighted by Gasteiger charge is 2.25. The van der Waals surface area contributed by atoms with Crippen LogP contribution in [0.5, 0.6) is 5.75 Å². The zero-order valence-corrected chi connectivity index (χ0v) is 15.9. The van der Waals surface area contributed by atoms with Gasteiger partial charge >= 0.3 is 6.03 Å². The van der Waals surface area contributed by atoms with Gasteiger partial charge in [-0.2, -0.15) is 0 Å². The summed E-state index contributed by atoms with van der Waals surface area (Å²) in [5.74, 6) is 1.09. The number of aryl methyl sites for hydroxylation is 1. The van der Waals surface area contributed by atoms with Gasteiger partial charge < -0.3 is 19.4 Å². The number of rotatable bonds is 4. The predicted molar refractivity (Wildman–Crippen MR) is 98.0 cm³/mol. The van der Waals surface area contributed by atoms with Crippen LogP contribution in [0.15, 0.2) is 18.2 Å². The van der Waals surface area contributed by atoms with Crippen LogP contribution in [-0.4, -0.2) is 73.5 Å². The van der Waals surface area contributed by atoms with Crippen molar-refractivity contribution >= 4 is 11.9 Å². The number of urea groups is 1. The van der Waals surface area contributed by atoms with Crippen molar-refractivity contribution in [2.24, 2.45) is 0 Å². The van der Waals surface area contributed by atoms with Crippen molar-refractivity contribution in [3.8, 4) is 5.75 Å². The Morgan fingerprint density at radius 2 is 1.72 bits per heavy atom. The molecule has 0 aromatic heterocycles. The van der Waals surface area contributed by atoms with E-state index in [1.54, 1.807) is 28.8 Å². The lowest BCUT2D eigenvalue weighted by molar-refractivity contribution is -0.134. The minimum atomic E-state index is -0.0341. The van der Waals surface area contributed by atoms with Crippen LogP contribution in [0.1, 0.15) is 30.9 Å². The summed E-state index contributed by atoms with van der Waals surface area (Å²) in [4.78, 5) is 29.5. The second-order valence-electron chi connectivity index (χ2n) is 7.03. The van der Waals surface area contributed by atoms with E-state index in [4.69, 9.17) is 4.74 Å². The van der Waals surface area contributed by atoms with Crippen molar-refractivity contribution < 1.29 is 14.3 Å². The third kappa shape index (κ3) is 4.87. The minimum Gasteiger partial charge on any atom is -0.483 e. The lowest BCUT2D eigenvalue weighted by atomic mass is 10.0. The first-order valence-corrected chi connectivity index (χ1v) is 8.77. The van der Waals surface area contributed by atoms with E-state index in [0.717, 1.165) is 16.9 Å². The number of amides is 3. The largest absolute Gasteiger partial charge is 0.483 e. The van der Waals surface area contributed by atoms with Crippen molar-refractivity contribution in [3.05, 3.63) is 29.3 Å². The summed E-state index contributed by atoms with van der Waals surface area (Å²) in [5.41, 5.74) is 2.22. The van der Waals surface area contributed by atoms with Crippen molar-refractivity contribution in [1.82, 2.24) is 14.7 Å². The zero-order chi connectivity index (χ0) is 18.6. The molecular formula is C19H29N3O3. The average Bonchev–Trinajstić information content (AvgIpc) is 2.58. The average molecular weight is 347 g/mol. The van der Waals surface area contributed by atoms with Gasteiger partial charge in [0.25, 0.3) is 5.91 Å². The molecule has 1 aromatic carbocycles. The van der Waals surface area contributed by atoms with Crippen molar-refractivity contribution in [1.29, 1.82) is 0 Å². The second-order valence-corrected chi connectivity index (χ2v) is 7.03. The Morgan fingerprint density at radius 1 is 1.12 bits per heavy atom. The number of ether oxygens (including phenoxy) is 1. The Hall–Kier alpha value is -2.24. The van der Waals surface area contributed by atoms with Gasteiger partial charge in [-0.15, -0.1) is 0 Å². The van der Waals surface area contributed by atoms with Gasteiger partial charge in [-0.25, -0.2) is 4.79 Å². The van der Waals surface area contributed by atoms with Gasteiger partial charge in [0.1, 0.15) is 5.75 Å². The SMILES string of the molecule is Cc1ccc(C(C)C)c(OCC(=O)N2CCN(C(=O)N(C)C)CC2)c1. The molecule has 6 heteroatoms. The van der Waals surface area contributed by atoms with E-state index in [-0.39, 0.29) is 18.5 Å². The molecule has 2 rings (SSSR count). The number of hydrogen-bond donors (Lipinski definition) is 0. The Morgan fingerprint density at radius 3 is 2.28 bits per heavy atom. The molecule has 1 saturated heterocycles. The summed E-state index contributed by atoms with van der Waals surface area (Å²) in [5, 5.41) is 0. The van der Waals surface area contributed by atoms with Crippen LogP contribution in [0, 0.1) is 6.92 Å². The maximum atomic E-state index is 12.4. The van der Waals surface area contributed by atoms with Crippen LogP contribution in [0.4, 0.5) is 4.79 Å². The Labute approximate surface area is 150 Å². The van der Waals surface area contributed by atoms with Crippen LogP contribution < -0.4 is 4.74 Å². The Balaban J connectivity index is 1.90. The van der Waals surface area contributed by atoms with E-state index in [0.29, 0.717) is 32.1 Å². The summed E-state index contributed by atoms with van der Waals surface area (Å²) < 4.78 is 5.83. The molecule has 1 fully saturated rings. The molecule has 6 nitrogen and oxygen atoms in total. The fourth-order valence-corrected chi connectivity index (χ4v) is 2.90. The van der Waals surface area contributed by atoms with Gasteiger partial charge in [0, 0.05) is 40.3 Å². The molecule has 0 saturated carbocycles. The van der Waals surface area contributed by atoms with Gasteiger partial charge in [-0.1, -0.05) is 26.0 Å². The number of carbonyl (C=O) groups excluding carboxylic acids is 2. The molecule has 0 atom stereocenters. The van der Waals surface area contributed by atoms with E-state index in [1.165, 1.54) is 0 Å². The molecule has 25 heavy (non-hydrogen) atoms. The highest BCUT2D eigenvalue weighted by atomic mass is 16.5. The van der Waals surface area contributed by atoms with Crippen LogP contribution >= 0.6 is 0 Å². The summed E-state index contributed by atoms with van der Waals surface area (Å²) in [7, 11) is 3.48. The molecule has 1 aliphatic rings. The molecule has 0 N–H and O–H groups in total. The molecule has 1 aliphatic heterocycles. The van der Waals surface area contributed by atoms with Gasteiger partial charge in [0.05, 0.1) is 0 Å². The molecule has 138 valence electrons. The first kappa shape index (κ1) is 19.1. The van der Waals surface area contributed by atoms with Gasteiger partial charge in [0.15, 0.2) is 6.61 Å². The van der Waals surface area contributed by atoms with E-state index in [2.05, 4.69) is 26.0 Å². The summed E-state index contributed by atoms with van der Waals surface area (Å²) in [6, 6.07) is 6.09. The van der Waals surface area contributed by atoms with Crippen LogP contribution in [-0.2, 0) is 4.79 Å². The van der Waals surface area contributed by atoms with Crippen LogP contribution in [0.25, 0.3) is 0 Å². The molecule has 3 amide bonds. The fraction of sp³-hybridized carbons (Fsp3) is 0.579. The number of benzene rings is 1. The van der Waals surface area contributed by atoms with Crippen molar-refractivity contribution in [3.63, 3.8) is 0 Å². The molecule has 0 spiro atoms. The fourth-order valence-electron chi connectivity index (χ4n) is 2.90. The van der Waals surface area contributed by atoms with Crippen LogP contribution in [0.2, 0.25) is 0 Å². The monoisotopic (exact) mass is 347 g/mol. The maximum absolute atomic E-state index is 12.4. The van der Waals surface area contributed by atoms with Gasteiger partial charge in [-0.3, -0.25) is 4.79 Å². The predicted octanol–water partition coefficient (Wildman–Crippen LogP) is 2.32. The molecule has 1 aromatic rings. The molecule has 0 radical (unpaired) electrons. The first-order chi connectivity index (χ1) is 11.8. The number of nitrogens with zero attached hydrogens (tertiary/aromatic N) is 3. The van der Waals surface area contributed by atoms with Gasteiger partial charge in [0.2, 0.25) is 0 Å². The maximum Gasteiger partial charge on any atom is 0.319 e. The highest BCUT2D eigenvalue weighted by molar-refractivity contribution is 5.79. The normalized spacial score (nSPS) is 14.6. The number of carbonyl (C=O) groups is 2. The third-order valence-corrected chi connectivity index (χ3v) is 4.43. The Kier molecular flexibility index (Phi) is 6.28. The minimum absolute atomic E-state index is 0.00955. The first-order valence-electron chi connectivity index (χ1n) is 8.77.